The van der Waals surface area contributed by atoms with Crippen LogP contribution in [-0.4, -0.2) is 40.9 Å². The standard InChI is InChI=1S/C21H33N3O2/c1-12(2)18(25)23-21-9-13-5-14(10-21)8-20(7-13,11-21)17(22)19(26)24-4-3-15-6-16(15)24/h12-17H,3-11,22H2,1-2H3,(H,23,25). The Labute approximate surface area is 156 Å². The van der Waals surface area contributed by atoms with Crippen molar-refractivity contribution < 1.29 is 9.59 Å². The predicted molar refractivity (Wildman–Crippen MR) is 99.0 cm³/mol. The largest absolute Gasteiger partial charge is 0.350 e. The SMILES string of the molecule is CC(C)C(=O)NC12CC3CC(C1)CC(C(N)C(=O)N1CCC4CC41)(C3)C2. The van der Waals surface area contributed by atoms with E-state index in [4.69, 9.17) is 5.73 Å². The second-order valence-electron chi connectivity index (χ2n) is 10.6. The number of amides is 2. The molecule has 6 rings (SSSR count). The van der Waals surface area contributed by atoms with Crippen LogP contribution in [0.3, 0.4) is 0 Å². The van der Waals surface area contributed by atoms with Gasteiger partial charge < -0.3 is 16.0 Å². The van der Waals surface area contributed by atoms with Crippen molar-refractivity contribution in [2.45, 2.75) is 82.8 Å². The Morgan fingerprint density at radius 2 is 1.81 bits per heavy atom. The van der Waals surface area contributed by atoms with Crippen LogP contribution in [0, 0.1) is 29.1 Å². The van der Waals surface area contributed by atoms with E-state index >= 15 is 0 Å². The smallest absolute Gasteiger partial charge is 0.240 e. The lowest BCUT2D eigenvalue weighted by atomic mass is 9.45. The monoisotopic (exact) mass is 359 g/mol. The molecule has 5 saturated carbocycles. The second-order valence-corrected chi connectivity index (χ2v) is 10.6. The van der Waals surface area contributed by atoms with E-state index in [1.807, 2.05) is 13.8 Å². The van der Waals surface area contributed by atoms with E-state index < -0.39 is 0 Å². The molecule has 5 aliphatic carbocycles. The van der Waals surface area contributed by atoms with Crippen LogP contribution in [0.1, 0.15) is 65.2 Å². The summed E-state index contributed by atoms with van der Waals surface area (Å²) in [4.78, 5) is 27.8. The van der Waals surface area contributed by atoms with Gasteiger partial charge in [-0.05, 0) is 74.5 Å². The molecule has 0 radical (unpaired) electrons. The molecule has 0 aromatic rings. The van der Waals surface area contributed by atoms with Gasteiger partial charge in [0.25, 0.3) is 0 Å². The van der Waals surface area contributed by atoms with E-state index in [1.165, 1.54) is 12.8 Å². The fraction of sp³-hybridized carbons (Fsp3) is 0.905. The molecule has 6 fully saturated rings. The van der Waals surface area contributed by atoms with Gasteiger partial charge in [0.2, 0.25) is 11.8 Å². The summed E-state index contributed by atoms with van der Waals surface area (Å²) >= 11 is 0. The Morgan fingerprint density at radius 1 is 1.12 bits per heavy atom. The highest BCUT2D eigenvalue weighted by atomic mass is 16.2. The van der Waals surface area contributed by atoms with E-state index in [9.17, 15) is 9.59 Å². The van der Waals surface area contributed by atoms with Crippen LogP contribution in [0.15, 0.2) is 0 Å². The number of carbonyl (C=O) groups excluding carboxylic acids is 2. The van der Waals surface area contributed by atoms with Crippen LogP contribution in [-0.2, 0) is 9.59 Å². The summed E-state index contributed by atoms with van der Waals surface area (Å²) in [5, 5.41) is 3.41. The zero-order chi connectivity index (χ0) is 18.3. The number of nitrogens with two attached hydrogens (primary N) is 1. The molecule has 5 nitrogen and oxygen atoms in total. The van der Waals surface area contributed by atoms with E-state index in [0.29, 0.717) is 17.9 Å². The van der Waals surface area contributed by atoms with Gasteiger partial charge in [-0.25, -0.2) is 0 Å². The Bertz CT molecular complexity index is 631. The molecule has 0 spiro atoms. The third-order valence-corrected chi connectivity index (χ3v) is 8.25. The lowest BCUT2D eigenvalue weighted by Gasteiger charge is -2.63. The van der Waals surface area contributed by atoms with E-state index in [2.05, 4.69) is 10.2 Å². The fourth-order valence-electron chi connectivity index (χ4n) is 7.36. The molecule has 6 aliphatic rings. The first-order chi connectivity index (χ1) is 12.3. The number of likely N-dealkylation sites (tertiary alicyclic amines) is 1. The van der Waals surface area contributed by atoms with E-state index in [1.54, 1.807) is 0 Å². The van der Waals surface area contributed by atoms with Crippen molar-refractivity contribution in [1.29, 1.82) is 0 Å². The van der Waals surface area contributed by atoms with Crippen LogP contribution in [0.25, 0.3) is 0 Å². The van der Waals surface area contributed by atoms with Crippen molar-refractivity contribution in [1.82, 2.24) is 10.2 Å². The number of fused-ring (bicyclic) bond motifs is 1. The molecular formula is C21H33N3O2. The Kier molecular flexibility index (Phi) is 3.58. The van der Waals surface area contributed by atoms with Gasteiger partial charge in [-0.2, -0.15) is 0 Å². The number of nitrogens with one attached hydrogen (secondary N) is 1. The van der Waals surface area contributed by atoms with Crippen LogP contribution in [0.5, 0.6) is 0 Å². The predicted octanol–water partition coefficient (Wildman–Crippen LogP) is 2.05. The first kappa shape index (κ1) is 17.0. The van der Waals surface area contributed by atoms with E-state index in [-0.39, 0.29) is 34.7 Å². The molecule has 144 valence electrons. The number of carbonyl (C=O) groups is 2. The van der Waals surface area contributed by atoms with Crippen LogP contribution >= 0.6 is 0 Å². The highest BCUT2D eigenvalue weighted by Crippen LogP contribution is 2.63. The average Bonchev–Trinajstić information content (AvgIpc) is 3.22. The molecule has 5 unspecified atom stereocenters. The van der Waals surface area contributed by atoms with Gasteiger partial charge >= 0.3 is 0 Å². The summed E-state index contributed by atoms with van der Waals surface area (Å²) in [5.74, 6) is 2.35. The first-order valence-electron chi connectivity index (χ1n) is 10.7. The molecule has 1 saturated heterocycles. The quantitative estimate of drug-likeness (QED) is 0.807. The normalized spacial score (nSPS) is 46.4. The maximum absolute atomic E-state index is 13.2. The molecule has 1 aliphatic heterocycles. The summed E-state index contributed by atoms with van der Waals surface area (Å²) in [6.45, 7) is 4.82. The summed E-state index contributed by atoms with van der Waals surface area (Å²) < 4.78 is 0. The number of hydrogen-bond acceptors (Lipinski definition) is 3. The van der Waals surface area contributed by atoms with Crippen LogP contribution in [0.4, 0.5) is 0 Å². The van der Waals surface area contributed by atoms with Gasteiger partial charge in [0, 0.05) is 24.0 Å². The highest BCUT2D eigenvalue weighted by molar-refractivity contribution is 5.84. The van der Waals surface area contributed by atoms with Gasteiger partial charge in [-0.3, -0.25) is 9.59 Å². The first-order valence-corrected chi connectivity index (χ1v) is 10.7. The zero-order valence-corrected chi connectivity index (χ0v) is 16.2. The maximum atomic E-state index is 13.2. The molecule has 0 aromatic carbocycles. The number of piperidine rings is 1. The van der Waals surface area contributed by atoms with Crippen molar-refractivity contribution in [3.05, 3.63) is 0 Å². The zero-order valence-electron chi connectivity index (χ0n) is 16.2. The third-order valence-electron chi connectivity index (χ3n) is 8.25. The molecule has 0 aromatic heterocycles. The Balaban J connectivity index is 1.39. The molecule has 3 N–H and O–H groups in total. The Morgan fingerprint density at radius 3 is 2.35 bits per heavy atom. The summed E-state index contributed by atoms with van der Waals surface area (Å²) in [6, 6.07) is 0.0974. The Hall–Kier alpha value is -1.10. The van der Waals surface area contributed by atoms with Crippen molar-refractivity contribution >= 4 is 11.8 Å². The minimum absolute atomic E-state index is 0.00524. The van der Waals surface area contributed by atoms with Gasteiger partial charge in [0.05, 0.1) is 6.04 Å². The minimum Gasteiger partial charge on any atom is -0.350 e. The summed E-state index contributed by atoms with van der Waals surface area (Å²) in [5.41, 5.74) is 6.51. The minimum atomic E-state index is -0.386. The molecule has 26 heavy (non-hydrogen) atoms. The van der Waals surface area contributed by atoms with Crippen molar-refractivity contribution in [2.24, 2.45) is 34.8 Å². The lowest BCUT2D eigenvalue weighted by Crippen LogP contribution is -2.68. The van der Waals surface area contributed by atoms with Gasteiger partial charge in [0.1, 0.15) is 0 Å². The number of rotatable bonds is 4. The number of hydrogen-bond donors (Lipinski definition) is 2. The van der Waals surface area contributed by atoms with Gasteiger partial charge in [-0.1, -0.05) is 13.8 Å². The molecule has 5 heteroatoms. The van der Waals surface area contributed by atoms with Gasteiger partial charge in [0.15, 0.2) is 0 Å². The van der Waals surface area contributed by atoms with Crippen molar-refractivity contribution in [3.63, 3.8) is 0 Å². The van der Waals surface area contributed by atoms with Crippen molar-refractivity contribution in [2.75, 3.05) is 6.54 Å². The van der Waals surface area contributed by atoms with Crippen LogP contribution in [0.2, 0.25) is 0 Å². The topological polar surface area (TPSA) is 75.4 Å². The fourth-order valence-corrected chi connectivity index (χ4v) is 7.36. The summed E-state index contributed by atoms with van der Waals surface area (Å²) in [6.07, 6.45) is 8.84. The molecular weight excluding hydrogens is 326 g/mol. The lowest BCUT2D eigenvalue weighted by molar-refractivity contribution is -0.148. The third kappa shape index (κ3) is 2.45. The maximum Gasteiger partial charge on any atom is 0.240 e. The van der Waals surface area contributed by atoms with Crippen molar-refractivity contribution in [3.8, 4) is 0 Å². The van der Waals surface area contributed by atoms with Gasteiger partial charge in [-0.15, -0.1) is 0 Å². The van der Waals surface area contributed by atoms with Crippen LogP contribution < -0.4 is 11.1 Å². The second kappa shape index (κ2) is 5.46. The average molecular weight is 360 g/mol. The molecule has 4 bridgehead atoms. The molecule has 5 atom stereocenters. The molecule has 1 heterocycles. The summed E-state index contributed by atoms with van der Waals surface area (Å²) in [7, 11) is 0. The molecule has 2 amide bonds. The number of nitrogens with zero attached hydrogens (tertiary/aromatic N) is 1. The highest BCUT2D eigenvalue weighted by Gasteiger charge is 2.62. The van der Waals surface area contributed by atoms with E-state index in [0.717, 1.165) is 51.0 Å².